The molecule has 0 aliphatic heterocycles. The van der Waals surface area contributed by atoms with Crippen LogP contribution in [0.5, 0.6) is 0 Å². The summed E-state index contributed by atoms with van der Waals surface area (Å²) in [6.07, 6.45) is 6.36. The van der Waals surface area contributed by atoms with Crippen molar-refractivity contribution in [3.8, 4) is 0 Å². The van der Waals surface area contributed by atoms with E-state index in [1.165, 1.54) is 12.0 Å². The average molecular weight is 278 g/mol. The second kappa shape index (κ2) is 6.24. The fourth-order valence-electron chi connectivity index (χ4n) is 3.75. The topological polar surface area (TPSA) is 34.1 Å². The molecule has 0 N–H and O–H groups in total. The predicted octanol–water partition coefficient (Wildman–Crippen LogP) is 4.72. The van der Waals surface area contributed by atoms with E-state index in [1.807, 2.05) is 6.92 Å². The molecule has 2 aliphatic carbocycles. The van der Waals surface area contributed by atoms with E-state index in [0.29, 0.717) is 18.1 Å². The van der Waals surface area contributed by atoms with Gasteiger partial charge in [0.1, 0.15) is 5.78 Å². The monoisotopic (exact) mass is 278 g/mol. The molecule has 0 amide bonds. The molecule has 1 atom stereocenters. The van der Waals surface area contributed by atoms with Crippen LogP contribution in [-0.4, -0.2) is 11.6 Å². The summed E-state index contributed by atoms with van der Waals surface area (Å²) in [6, 6.07) is 0. The Bertz CT molecular complexity index is 413. The highest BCUT2D eigenvalue weighted by atomic mass is 16.1. The van der Waals surface area contributed by atoms with Crippen LogP contribution in [0.3, 0.4) is 0 Å². The van der Waals surface area contributed by atoms with Crippen LogP contribution in [0.4, 0.5) is 0 Å². The Kier molecular flexibility index (Phi) is 5.34. The molecule has 0 aromatic carbocycles. The van der Waals surface area contributed by atoms with E-state index in [2.05, 4.69) is 34.6 Å². The summed E-state index contributed by atoms with van der Waals surface area (Å²) in [4.78, 5) is 22.1. The molecule has 2 heteroatoms. The lowest BCUT2D eigenvalue weighted by atomic mass is 9.72. The third kappa shape index (κ3) is 6.02. The molecule has 0 aromatic rings. The highest BCUT2D eigenvalue weighted by molar-refractivity contribution is 5.91. The molecule has 0 unspecified atom stereocenters. The number of carbonyl (C=O) groups excluding carboxylic acids is 2. The van der Waals surface area contributed by atoms with E-state index in [4.69, 9.17) is 0 Å². The Morgan fingerprint density at radius 3 is 2.00 bits per heavy atom. The third-order valence-corrected chi connectivity index (χ3v) is 3.97. The van der Waals surface area contributed by atoms with E-state index in [0.717, 1.165) is 19.3 Å². The molecule has 114 valence electrons. The van der Waals surface area contributed by atoms with Crippen LogP contribution in [0.2, 0.25) is 0 Å². The summed E-state index contributed by atoms with van der Waals surface area (Å²) in [7, 11) is 0. The minimum Gasteiger partial charge on any atom is -0.300 e. The number of rotatable bonds is 0. The van der Waals surface area contributed by atoms with Crippen molar-refractivity contribution in [1.29, 1.82) is 0 Å². The summed E-state index contributed by atoms with van der Waals surface area (Å²) < 4.78 is 0. The second-order valence-electron chi connectivity index (χ2n) is 8.37. The highest BCUT2D eigenvalue weighted by Crippen LogP contribution is 2.36. The third-order valence-electron chi connectivity index (χ3n) is 3.97. The van der Waals surface area contributed by atoms with Gasteiger partial charge in [0.25, 0.3) is 0 Å². The van der Waals surface area contributed by atoms with Gasteiger partial charge in [0.15, 0.2) is 5.78 Å². The number of ketones is 2. The van der Waals surface area contributed by atoms with Crippen LogP contribution in [0.1, 0.15) is 73.6 Å². The summed E-state index contributed by atoms with van der Waals surface area (Å²) >= 11 is 0. The van der Waals surface area contributed by atoms with E-state index >= 15 is 0 Å². The lowest BCUT2D eigenvalue weighted by Crippen LogP contribution is -2.27. The number of Topliss-reactive ketones (excluding diaryl/α,β-unsaturated/α-hetero) is 1. The van der Waals surface area contributed by atoms with Gasteiger partial charge in [-0.3, -0.25) is 9.59 Å². The number of allylic oxidation sites excluding steroid dienone is 2. The summed E-state index contributed by atoms with van der Waals surface area (Å²) in [5, 5.41) is 0. The van der Waals surface area contributed by atoms with Crippen LogP contribution in [0, 0.1) is 16.7 Å². The van der Waals surface area contributed by atoms with Gasteiger partial charge in [-0.15, -0.1) is 0 Å². The molecule has 2 nitrogen and oxygen atoms in total. The Balaban J connectivity index is 0.000000200. The zero-order chi connectivity index (χ0) is 15.6. The maximum Gasteiger partial charge on any atom is 0.156 e. The maximum absolute atomic E-state index is 11.1. The van der Waals surface area contributed by atoms with Crippen molar-refractivity contribution in [2.24, 2.45) is 16.7 Å². The first-order valence-corrected chi connectivity index (χ1v) is 7.71. The Hall–Kier alpha value is -0.920. The number of hydrogen-bond acceptors (Lipinski definition) is 2. The van der Waals surface area contributed by atoms with Crippen molar-refractivity contribution < 1.29 is 9.59 Å². The van der Waals surface area contributed by atoms with E-state index in [-0.39, 0.29) is 16.6 Å². The maximum atomic E-state index is 11.1. The first-order chi connectivity index (χ1) is 8.99. The molecule has 0 spiro atoms. The zero-order valence-electron chi connectivity index (χ0n) is 14.0. The standard InChI is InChI=1S/C9H16O.C9H14O/c2*1-7-4-8(10)6-9(2,3)5-7/h7H,4-6H2,1-3H3;4H,5-6H2,1-3H3/t7-;/m0./s1. The molecule has 0 radical (unpaired) electrons. The molecule has 1 fully saturated rings. The van der Waals surface area contributed by atoms with E-state index < -0.39 is 0 Å². The van der Waals surface area contributed by atoms with Gasteiger partial charge < -0.3 is 0 Å². The van der Waals surface area contributed by atoms with Crippen LogP contribution in [0.25, 0.3) is 0 Å². The molecule has 0 aromatic heterocycles. The lowest BCUT2D eigenvalue weighted by Gasteiger charge is -2.32. The quantitative estimate of drug-likeness (QED) is 0.642. The van der Waals surface area contributed by atoms with Crippen LogP contribution >= 0.6 is 0 Å². The Labute approximate surface area is 124 Å². The van der Waals surface area contributed by atoms with Crippen molar-refractivity contribution in [3.05, 3.63) is 11.6 Å². The van der Waals surface area contributed by atoms with Crippen molar-refractivity contribution in [3.63, 3.8) is 0 Å². The first-order valence-electron chi connectivity index (χ1n) is 7.71. The molecule has 0 saturated heterocycles. The van der Waals surface area contributed by atoms with Crippen molar-refractivity contribution in [2.75, 3.05) is 0 Å². The normalized spacial score (nSPS) is 28.3. The first kappa shape index (κ1) is 17.1. The molecule has 20 heavy (non-hydrogen) atoms. The van der Waals surface area contributed by atoms with Crippen molar-refractivity contribution in [1.82, 2.24) is 0 Å². The van der Waals surface area contributed by atoms with Gasteiger partial charge in [-0.1, -0.05) is 40.2 Å². The minimum atomic E-state index is 0.204. The van der Waals surface area contributed by atoms with E-state index in [1.54, 1.807) is 6.08 Å². The molecule has 2 rings (SSSR count). The summed E-state index contributed by atoms with van der Waals surface area (Å²) in [5.74, 6) is 1.34. The number of hydrogen-bond donors (Lipinski definition) is 0. The van der Waals surface area contributed by atoms with Gasteiger partial charge in [-0.2, -0.15) is 0 Å². The average Bonchev–Trinajstić information content (AvgIpc) is 2.08. The smallest absolute Gasteiger partial charge is 0.156 e. The minimum absolute atomic E-state index is 0.204. The van der Waals surface area contributed by atoms with Crippen LogP contribution < -0.4 is 0 Å². The molecular formula is C18H30O2. The number of carbonyl (C=O) groups is 2. The lowest BCUT2D eigenvalue weighted by molar-refractivity contribution is -0.124. The molecular weight excluding hydrogens is 248 g/mol. The van der Waals surface area contributed by atoms with Gasteiger partial charge in [-0.05, 0) is 42.6 Å². The van der Waals surface area contributed by atoms with Crippen LogP contribution in [-0.2, 0) is 9.59 Å². The SMILES string of the molecule is CC1=CC(=O)CC(C)(C)C1.C[C@H]1CC(=O)CC(C)(C)C1. The van der Waals surface area contributed by atoms with Gasteiger partial charge in [0, 0.05) is 19.3 Å². The Morgan fingerprint density at radius 1 is 1.00 bits per heavy atom. The van der Waals surface area contributed by atoms with Gasteiger partial charge in [0.05, 0.1) is 0 Å². The summed E-state index contributed by atoms with van der Waals surface area (Å²) in [5.41, 5.74) is 1.70. The van der Waals surface area contributed by atoms with Gasteiger partial charge in [0.2, 0.25) is 0 Å². The van der Waals surface area contributed by atoms with Crippen molar-refractivity contribution >= 4 is 11.6 Å². The predicted molar refractivity (Wildman–Crippen MR) is 83.6 cm³/mol. The fourth-order valence-corrected chi connectivity index (χ4v) is 3.75. The zero-order valence-corrected chi connectivity index (χ0v) is 14.0. The molecule has 1 saturated carbocycles. The highest BCUT2D eigenvalue weighted by Gasteiger charge is 2.30. The molecule has 2 aliphatic rings. The summed E-state index contributed by atoms with van der Waals surface area (Å²) in [6.45, 7) is 12.8. The van der Waals surface area contributed by atoms with Crippen LogP contribution in [0.15, 0.2) is 11.6 Å². The van der Waals surface area contributed by atoms with Gasteiger partial charge >= 0.3 is 0 Å². The molecule has 0 bridgehead atoms. The van der Waals surface area contributed by atoms with Gasteiger partial charge in [-0.25, -0.2) is 0 Å². The fraction of sp³-hybridized carbons (Fsp3) is 0.778. The van der Waals surface area contributed by atoms with E-state index in [9.17, 15) is 9.59 Å². The van der Waals surface area contributed by atoms with Crippen molar-refractivity contribution in [2.45, 2.75) is 73.6 Å². The second-order valence-corrected chi connectivity index (χ2v) is 8.37. The molecule has 0 heterocycles. The Morgan fingerprint density at radius 2 is 1.60 bits per heavy atom. The largest absolute Gasteiger partial charge is 0.300 e.